The highest BCUT2D eigenvalue weighted by Gasteiger charge is 2.18. The van der Waals surface area contributed by atoms with Gasteiger partial charge in [0, 0.05) is 12.3 Å². The molecule has 21 heavy (non-hydrogen) atoms. The largest absolute Gasteiger partial charge is 0.379 e. The third-order valence-corrected chi connectivity index (χ3v) is 4.93. The second-order valence-corrected chi connectivity index (χ2v) is 7.80. The number of rotatable bonds is 4. The smallest absolute Gasteiger partial charge is 0.339 e. The monoisotopic (exact) mass is 330 g/mol. The second kappa shape index (κ2) is 5.45. The number of halogens is 1. The quantitative estimate of drug-likeness (QED) is 0.801. The molecule has 0 aromatic heterocycles. The molecule has 0 radical (unpaired) electrons. The number of benzene rings is 2. The highest BCUT2D eigenvalue weighted by molar-refractivity contribution is 7.90. The summed E-state index contributed by atoms with van der Waals surface area (Å²) in [5, 5.41) is 0. The van der Waals surface area contributed by atoms with Crippen LogP contribution in [0.25, 0.3) is 0 Å². The molecule has 8 heteroatoms. The Morgan fingerprint density at radius 1 is 0.905 bits per heavy atom. The van der Waals surface area contributed by atoms with Gasteiger partial charge in [-0.05, 0) is 36.4 Å². The minimum atomic E-state index is -4.15. The Hall–Kier alpha value is -1.93. The molecule has 0 aliphatic heterocycles. The van der Waals surface area contributed by atoms with Gasteiger partial charge >= 0.3 is 10.1 Å². The summed E-state index contributed by atoms with van der Waals surface area (Å²) in [6.45, 7) is 0. The van der Waals surface area contributed by atoms with E-state index in [0.717, 1.165) is 42.7 Å². The van der Waals surface area contributed by atoms with E-state index in [-0.39, 0.29) is 15.5 Å². The van der Waals surface area contributed by atoms with Crippen molar-refractivity contribution in [3.8, 4) is 5.75 Å². The van der Waals surface area contributed by atoms with Crippen LogP contribution >= 0.6 is 0 Å². The Kier molecular flexibility index (Phi) is 4.02. The molecule has 0 amide bonds. The number of sulfone groups is 1. The summed E-state index contributed by atoms with van der Waals surface area (Å²) < 4.78 is 64.3. The van der Waals surface area contributed by atoms with Gasteiger partial charge in [0.15, 0.2) is 9.84 Å². The highest BCUT2D eigenvalue weighted by Crippen LogP contribution is 2.20. The molecule has 0 fully saturated rings. The van der Waals surface area contributed by atoms with Crippen molar-refractivity contribution in [2.24, 2.45) is 0 Å². The van der Waals surface area contributed by atoms with E-state index in [9.17, 15) is 21.2 Å². The van der Waals surface area contributed by atoms with Gasteiger partial charge in [-0.1, -0.05) is 6.07 Å². The average molecular weight is 330 g/mol. The third-order valence-electron chi connectivity index (χ3n) is 2.54. The molecule has 0 aliphatic carbocycles. The number of hydrogen-bond donors (Lipinski definition) is 0. The van der Waals surface area contributed by atoms with Gasteiger partial charge in [-0.25, -0.2) is 12.8 Å². The van der Waals surface area contributed by atoms with Crippen molar-refractivity contribution >= 4 is 20.0 Å². The van der Waals surface area contributed by atoms with Crippen molar-refractivity contribution in [3.05, 3.63) is 54.3 Å². The molecule has 0 saturated carbocycles. The topological polar surface area (TPSA) is 77.5 Å². The molecule has 5 nitrogen and oxygen atoms in total. The molecule has 0 spiro atoms. The zero-order chi connectivity index (χ0) is 15.7. The van der Waals surface area contributed by atoms with Gasteiger partial charge in [0.2, 0.25) is 0 Å². The molecule has 0 aliphatic rings. The summed E-state index contributed by atoms with van der Waals surface area (Å²) in [6, 6.07) is 9.26. The molecule has 112 valence electrons. The Bertz CT molecular complexity index is 856. The van der Waals surface area contributed by atoms with Gasteiger partial charge in [-0.2, -0.15) is 8.42 Å². The van der Waals surface area contributed by atoms with Crippen molar-refractivity contribution in [2.75, 3.05) is 6.26 Å². The molecule has 0 bridgehead atoms. The fourth-order valence-corrected chi connectivity index (χ4v) is 3.10. The van der Waals surface area contributed by atoms with Crippen LogP contribution in [0.1, 0.15) is 0 Å². The molecule has 2 rings (SSSR count). The van der Waals surface area contributed by atoms with Crippen LogP contribution in [-0.4, -0.2) is 23.1 Å². The van der Waals surface area contributed by atoms with Gasteiger partial charge in [-0.15, -0.1) is 0 Å². The Balaban J connectivity index is 2.32. The lowest BCUT2D eigenvalue weighted by atomic mass is 10.3. The molecule has 0 saturated heterocycles. The van der Waals surface area contributed by atoms with Crippen molar-refractivity contribution < 1.29 is 25.4 Å². The van der Waals surface area contributed by atoms with E-state index in [1.54, 1.807) is 0 Å². The Labute approximate surface area is 122 Å². The molecule has 2 aromatic carbocycles. The first-order chi connectivity index (χ1) is 9.68. The molecule has 0 atom stereocenters. The van der Waals surface area contributed by atoms with E-state index in [1.807, 2.05) is 0 Å². The van der Waals surface area contributed by atoms with E-state index < -0.39 is 25.8 Å². The maximum atomic E-state index is 13.0. The van der Waals surface area contributed by atoms with Crippen molar-refractivity contribution in [1.29, 1.82) is 0 Å². The minimum Gasteiger partial charge on any atom is -0.379 e. The normalized spacial score (nSPS) is 12.1. The van der Waals surface area contributed by atoms with Crippen molar-refractivity contribution in [1.82, 2.24) is 0 Å². The molecular weight excluding hydrogens is 319 g/mol. The fraction of sp³-hybridized carbons (Fsp3) is 0.0769. The van der Waals surface area contributed by atoms with Gasteiger partial charge in [0.1, 0.15) is 16.5 Å². The summed E-state index contributed by atoms with van der Waals surface area (Å²) in [5.74, 6) is -0.794. The van der Waals surface area contributed by atoms with Crippen LogP contribution in [0.4, 0.5) is 4.39 Å². The summed E-state index contributed by atoms with van der Waals surface area (Å²) in [7, 11) is -7.57. The maximum absolute atomic E-state index is 13.0. The predicted molar refractivity (Wildman–Crippen MR) is 73.8 cm³/mol. The zero-order valence-corrected chi connectivity index (χ0v) is 12.5. The van der Waals surface area contributed by atoms with E-state index in [2.05, 4.69) is 0 Å². The summed E-state index contributed by atoms with van der Waals surface area (Å²) in [5.41, 5.74) is 0. The van der Waals surface area contributed by atoms with E-state index in [0.29, 0.717) is 0 Å². The van der Waals surface area contributed by atoms with Crippen LogP contribution in [0.15, 0.2) is 58.3 Å². The molecule has 0 heterocycles. The SMILES string of the molecule is CS(=O)(=O)c1ccc(S(=O)(=O)Oc2cccc(F)c2)cc1. The highest BCUT2D eigenvalue weighted by atomic mass is 32.2. The van der Waals surface area contributed by atoms with E-state index >= 15 is 0 Å². The Morgan fingerprint density at radius 3 is 2.00 bits per heavy atom. The first kappa shape index (κ1) is 15.5. The first-order valence-corrected chi connectivity index (χ1v) is 8.99. The minimum absolute atomic E-state index is 0.00722. The lowest BCUT2D eigenvalue weighted by Crippen LogP contribution is -2.10. The third kappa shape index (κ3) is 3.79. The van der Waals surface area contributed by atoms with Crippen molar-refractivity contribution in [3.63, 3.8) is 0 Å². The van der Waals surface area contributed by atoms with Crippen LogP contribution in [0.3, 0.4) is 0 Å². The summed E-state index contributed by atoms with van der Waals surface area (Å²) >= 11 is 0. The number of hydrogen-bond acceptors (Lipinski definition) is 5. The van der Waals surface area contributed by atoms with Gasteiger partial charge in [0.05, 0.1) is 4.90 Å². The van der Waals surface area contributed by atoms with Crippen molar-refractivity contribution in [2.45, 2.75) is 9.79 Å². The van der Waals surface area contributed by atoms with Gasteiger partial charge in [0.25, 0.3) is 0 Å². The zero-order valence-electron chi connectivity index (χ0n) is 10.9. The van der Waals surface area contributed by atoms with E-state index in [1.165, 1.54) is 12.1 Å². The van der Waals surface area contributed by atoms with Crippen LogP contribution in [-0.2, 0) is 20.0 Å². The standard InChI is InChI=1S/C13H11FO5S2/c1-20(15,16)12-5-7-13(8-6-12)21(17,18)19-11-4-2-3-10(14)9-11/h2-9H,1H3. The van der Waals surface area contributed by atoms with Crippen LogP contribution in [0.2, 0.25) is 0 Å². The van der Waals surface area contributed by atoms with Crippen LogP contribution in [0, 0.1) is 5.82 Å². The van der Waals surface area contributed by atoms with Crippen LogP contribution < -0.4 is 4.18 Å². The maximum Gasteiger partial charge on any atom is 0.339 e. The van der Waals surface area contributed by atoms with Crippen LogP contribution in [0.5, 0.6) is 5.75 Å². The first-order valence-electron chi connectivity index (χ1n) is 5.69. The molecule has 0 unspecified atom stereocenters. The molecular formula is C13H11FO5S2. The van der Waals surface area contributed by atoms with Gasteiger partial charge < -0.3 is 4.18 Å². The summed E-state index contributed by atoms with van der Waals surface area (Å²) in [4.78, 5) is -0.230. The Morgan fingerprint density at radius 2 is 1.48 bits per heavy atom. The fourth-order valence-electron chi connectivity index (χ4n) is 1.55. The molecule has 2 aromatic rings. The van der Waals surface area contributed by atoms with E-state index in [4.69, 9.17) is 4.18 Å². The lowest BCUT2D eigenvalue weighted by molar-refractivity contribution is 0.483. The molecule has 0 N–H and O–H groups in total. The second-order valence-electron chi connectivity index (χ2n) is 4.24. The lowest BCUT2D eigenvalue weighted by Gasteiger charge is -2.07. The predicted octanol–water partition coefficient (Wildman–Crippen LogP) is 2.00. The van der Waals surface area contributed by atoms with Gasteiger partial charge in [-0.3, -0.25) is 0 Å². The summed E-state index contributed by atoms with van der Waals surface area (Å²) in [6.07, 6.45) is 1.01. The average Bonchev–Trinajstić information content (AvgIpc) is 2.37.